The summed E-state index contributed by atoms with van der Waals surface area (Å²) in [6.45, 7) is 5.01. The van der Waals surface area contributed by atoms with Crippen LogP contribution in [0.2, 0.25) is 10.0 Å². The van der Waals surface area contributed by atoms with Crippen molar-refractivity contribution in [3.8, 4) is 5.88 Å². The van der Waals surface area contributed by atoms with Crippen LogP contribution in [0.5, 0.6) is 5.88 Å². The van der Waals surface area contributed by atoms with Crippen molar-refractivity contribution >= 4 is 29.0 Å². The van der Waals surface area contributed by atoms with Gasteiger partial charge in [0, 0.05) is 6.54 Å². The van der Waals surface area contributed by atoms with Crippen LogP contribution in [-0.2, 0) is 0 Å². The third kappa shape index (κ3) is 3.90. The Bertz CT molecular complexity index is 440. The quantitative estimate of drug-likeness (QED) is 0.869. The molecule has 1 fully saturated rings. The van der Waals surface area contributed by atoms with Gasteiger partial charge in [0.05, 0.1) is 5.02 Å². The van der Waals surface area contributed by atoms with E-state index < -0.39 is 0 Å². The molecular weight excluding hydrogens is 283 g/mol. The van der Waals surface area contributed by atoms with E-state index in [1.807, 2.05) is 6.92 Å². The molecule has 1 N–H and O–H groups in total. The lowest BCUT2D eigenvalue weighted by atomic mass is 9.89. The lowest BCUT2D eigenvalue weighted by Gasteiger charge is -2.27. The van der Waals surface area contributed by atoms with Crippen LogP contribution in [0.3, 0.4) is 0 Å². The Morgan fingerprint density at radius 3 is 2.84 bits per heavy atom. The molecule has 0 amide bonds. The molecule has 1 aromatic heterocycles. The van der Waals surface area contributed by atoms with Crippen LogP contribution >= 0.6 is 23.2 Å². The summed E-state index contributed by atoms with van der Waals surface area (Å²) in [6, 6.07) is 1.69. The summed E-state index contributed by atoms with van der Waals surface area (Å²) < 4.78 is 5.96. The smallest absolute Gasteiger partial charge is 0.234 e. The van der Waals surface area contributed by atoms with Gasteiger partial charge in [-0.3, -0.25) is 0 Å². The van der Waals surface area contributed by atoms with E-state index in [0.29, 0.717) is 27.7 Å². The molecule has 1 aliphatic rings. The van der Waals surface area contributed by atoms with Gasteiger partial charge in [-0.15, -0.1) is 0 Å². The van der Waals surface area contributed by atoms with Gasteiger partial charge in [-0.2, -0.15) is 4.98 Å². The Morgan fingerprint density at radius 1 is 1.37 bits per heavy atom. The van der Waals surface area contributed by atoms with Gasteiger partial charge in [-0.05, 0) is 38.2 Å². The standard InChI is InChI=1S/C14H20Cl2N2O/c1-3-17-13-11(15)8-12(16)14(18-13)19-10-6-4-5-9(2)7-10/h8-10H,3-7H2,1-2H3,(H,17,18). The van der Waals surface area contributed by atoms with Crippen LogP contribution in [0.25, 0.3) is 0 Å². The molecule has 106 valence electrons. The Morgan fingerprint density at radius 2 is 2.16 bits per heavy atom. The minimum absolute atomic E-state index is 0.212. The van der Waals surface area contributed by atoms with E-state index in [4.69, 9.17) is 27.9 Å². The Kier molecular flexibility index (Phi) is 5.17. The number of anilines is 1. The maximum atomic E-state index is 6.16. The van der Waals surface area contributed by atoms with Crippen molar-refractivity contribution in [2.75, 3.05) is 11.9 Å². The molecule has 2 atom stereocenters. The maximum absolute atomic E-state index is 6.16. The molecule has 0 saturated heterocycles. The minimum atomic E-state index is 0.212. The molecule has 1 heterocycles. The normalized spacial score (nSPS) is 23.2. The first-order valence-corrected chi connectivity index (χ1v) is 7.62. The molecule has 1 aromatic rings. The van der Waals surface area contributed by atoms with Gasteiger partial charge in [-0.25, -0.2) is 0 Å². The number of nitrogens with zero attached hydrogens (tertiary/aromatic N) is 1. The van der Waals surface area contributed by atoms with Crippen molar-refractivity contribution in [3.05, 3.63) is 16.1 Å². The second kappa shape index (κ2) is 6.67. The monoisotopic (exact) mass is 302 g/mol. The summed E-state index contributed by atoms with van der Waals surface area (Å²) in [5.74, 6) is 1.83. The molecule has 1 saturated carbocycles. The second-order valence-electron chi connectivity index (χ2n) is 5.15. The second-order valence-corrected chi connectivity index (χ2v) is 5.96. The van der Waals surface area contributed by atoms with Crippen molar-refractivity contribution in [1.29, 1.82) is 0 Å². The Balaban J connectivity index is 2.12. The van der Waals surface area contributed by atoms with Gasteiger partial charge < -0.3 is 10.1 Å². The number of rotatable bonds is 4. The summed E-state index contributed by atoms with van der Waals surface area (Å²) in [7, 11) is 0. The number of ether oxygens (including phenoxy) is 1. The van der Waals surface area contributed by atoms with Crippen LogP contribution in [0.4, 0.5) is 5.82 Å². The molecule has 0 radical (unpaired) electrons. The molecule has 0 spiro atoms. The molecule has 5 heteroatoms. The summed E-state index contributed by atoms with van der Waals surface area (Å²) in [4.78, 5) is 4.38. The topological polar surface area (TPSA) is 34.2 Å². The van der Waals surface area contributed by atoms with E-state index in [1.165, 1.54) is 12.8 Å². The summed E-state index contributed by atoms with van der Waals surface area (Å²) in [5, 5.41) is 4.11. The van der Waals surface area contributed by atoms with Crippen LogP contribution in [0, 0.1) is 5.92 Å². The van der Waals surface area contributed by atoms with Gasteiger partial charge in [0.2, 0.25) is 5.88 Å². The Labute approximate surface area is 124 Å². The largest absolute Gasteiger partial charge is 0.473 e. The highest BCUT2D eigenvalue weighted by Crippen LogP contribution is 2.33. The Hall–Kier alpha value is -0.670. The molecule has 2 rings (SSSR count). The van der Waals surface area contributed by atoms with Crippen molar-refractivity contribution < 1.29 is 4.74 Å². The average Bonchev–Trinajstić information content (AvgIpc) is 2.35. The zero-order valence-electron chi connectivity index (χ0n) is 11.4. The first-order chi connectivity index (χ1) is 9.10. The molecule has 0 aromatic carbocycles. The number of hydrogen-bond acceptors (Lipinski definition) is 3. The number of aromatic nitrogens is 1. The summed E-state index contributed by atoms with van der Waals surface area (Å²) >= 11 is 12.2. The molecule has 0 bridgehead atoms. The number of pyridine rings is 1. The fraction of sp³-hybridized carbons (Fsp3) is 0.643. The zero-order chi connectivity index (χ0) is 13.8. The van der Waals surface area contributed by atoms with Gasteiger partial charge >= 0.3 is 0 Å². The highest BCUT2D eigenvalue weighted by Gasteiger charge is 2.22. The lowest BCUT2D eigenvalue weighted by Crippen LogP contribution is -2.24. The van der Waals surface area contributed by atoms with Crippen molar-refractivity contribution in [1.82, 2.24) is 4.98 Å². The van der Waals surface area contributed by atoms with Crippen LogP contribution < -0.4 is 10.1 Å². The third-order valence-corrected chi connectivity index (χ3v) is 3.97. The summed E-state index contributed by atoms with van der Waals surface area (Å²) in [5.41, 5.74) is 0. The number of nitrogens with one attached hydrogen (secondary N) is 1. The van der Waals surface area contributed by atoms with Crippen LogP contribution in [-0.4, -0.2) is 17.6 Å². The molecule has 0 aliphatic heterocycles. The highest BCUT2D eigenvalue weighted by molar-refractivity contribution is 6.36. The molecule has 3 nitrogen and oxygen atoms in total. The van der Waals surface area contributed by atoms with Gasteiger partial charge in [-0.1, -0.05) is 36.5 Å². The first-order valence-electron chi connectivity index (χ1n) is 6.86. The predicted octanol–water partition coefficient (Wildman–Crippen LogP) is 4.78. The van der Waals surface area contributed by atoms with E-state index >= 15 is 0 Å². The molecular formula is C14H20Cl2N2O. The fourth-order valence-electron chi connectivity index (χ4n) is 2.47. The van der Waals surface area contributed by atoms with Crippen LogP contribution in [0.15, 0.2) is 6.07 Å². The van der Waals surface area contributed by atoms with E-state index in [9.17, 15) is 0 Å². The molecule has 1 aliphatic carbocycles. The van der Waals surface area contributed by atoms with Crippen molar-refractivity contribution in [3.63, 3.8) is 0 Å². The van der Waals surface area contributed by atoms with Gasteiger partial charge in [0.1, 0.15) is 16.9 Å². The van der Waals surface area contributed by atoms with E-state index in [-0.39, 0.29) is 6.10 Å². The van der Waals surface area contributed by atoms with Crippen molar-refractivity contribution in [2.24, 2.45) is 5.92 Å². The first kappa shape index (κ1) is 14.7. The van der Waals surface area contributed by atoms with E-state index in [0.717, 1.165) is 19.4 Å². The fourth-order valence-corrected chi connectivity index (χ4v) is 2.94. The third-order valence-electron chi connectivity index (χ3n) is 3.41. The number of hydrogen-bond donors (Lipinski definition) is 1. The SMILES string of the molecule is CCNc1nc(OC2CCCC(C)C2)c(Cl)cc1Cl. The summed E-state index contributed by atoms with van der Waals surface area (Å²) in [6.07, 6.45) is 4.84. The van der Waals surface area contributed by atoms with Gasteiger partial charge in [0.15, 0.2) is 0 Å². The van der Waals surface area contributed by atoms with Gasteiger partial charge in [0.25, 0.3) is 0 Å². The zero-order valence-corrected chi connectivity index (χ0v) is 12.9. The minimum Gasteiger partial charge on any atom is -0.473 e. The van der Waals surface area contributed by atoms with Crippen molar-refractivity contribution in [2.45, 2.75) is 45.6 Å². The number of halogens is 2. The van der Waals surface area contributed by atoms with Crippen LogP contribution in [0.1, 0.15) is 39.5 Å². The highest BCUT2D eigenvalue weighted by atomic mass is 35.5. The molecule has 19 heavy (non-hydrogen) atoms. The average molecular weight is 303 g/mol. The molecule has 2 unspecified atom stereocenters. The lowest BCUT2D eigenvalue weighted by molar-refractivity contribution is 0.124. The van der Waals surface area contributed by atoms with E-state index in [2.05, 4.69) is 17.2 Å². The van der Waals surface area contributed by atoms with E-state index in [1.54, 1.807) is 6.07 Å². The predicted molar refractivity (Wildman–Crippen MR) is 80.5 cm³/mol. The maximum Gasteiger partial charge on any atom is 0.234 e.